The summed E-state index contributed by atoms with van der Waals surface area (Å²) in [5, 5.41) is 3.67. The summed E-state index contributed by atoms with van der Waals surface area (Å²) in [4.78, 5) is 3.74. The molecule has 0 fully saturated rings. The van der Waals surface area contributed by atoms with E-state index in [2.05, 4.69) is 62.4 Å². The van der Waals surface area contributed by atoms with Crippen molar-refractivity contribution in [3.8, 4) is 0 Å². The van der Waals surface area contributed by atoms with Gasteiger partial charge in [0.15, 0.2) is 0 Å². The summed E-state index contributed by atoms with van der Waals surface area (Å²) in [6.45, 7) is 7.96. The smallest absolute Gasteiger partial charge is 0.0108 e. The monoisotopic (exact) mass is 278 g/mol. The first-order valence-electron chi connectivity index (χ1n) is 7.05. The van der Waals surface area contributed by atoms with E-state index in [1.165, 1.54) is 16.2 Å². The maximum atomic E-state index is 3.67. The Morgan fingerprint density at radius 2 is 2.05 bits per heavy atom. The molecule has 106 valence electrons. The van der Waals surface area contributed by atoms with Crippen LogP contribution in [0, 0.1) is 5.41 Å². The van der Waals surface area contributed by atoms with Crippen LogP contribution in [0.4, 0.5) is 0 Å². The summed E-state index contributed by atoms with van der Waals surface area (Å²) >= 11 is 2.00. The first-order valence-corrected chi connectivity index (χ1v) is 8.04. The highest BCUT2D eigenvalue weighted by Gasteiger charge is 2.24. The Balaban J connectivity index is 1.81. The van der Waals surface area contributed by atoms with Crippen LogP contribution in [0.15, 0.2) is 29.2 Å². The second-order valence-corrected chi connectivity index (χ2v) is 7.64. The highest BCUT2D eigenvalue weighted by Crippen LogP contribution is 2.38. The lowest BCUT2D eigenvalue weighted by atomic mass is 9.92. The van der Waals surface area contributed by atoms with Crippen molar-refractivity contribution < 1.29 is 0 Å². The molecule has 0 saturated carbocycles. The second kappa shape index (κ2) is 6.29. The van der Waals surface area contributed by atoms with Crippen LogP contribution in [-0.4, -0.2) is 44.4 Å². The van der Waals surface area contributed by atoms with E-state index in [1.807, 2.05) is 11.8 Å². The molecule has 1 unspecified atom stereocenters. The maximum Gasteiger partial charge on any atom is 0.0108 e. The zero-order chi connectivity index (χ0) is 13.9. The van der Waals surface area contributed by atoms with Gasteiger partial charge in [-0.1, -0.05) is 32.0 Å². The standard InChI is InChI=1S/C16H26N2S/c1-16(2,12-18(3)4)11-17-9-13-10-19-15-8-6-5-7-14(13)15/h5-8,13,17H,9-12H2,1-4H3. The van der Waals surface area contributed by atoms with Crippen LogP contribution in [0.25, 0.3) is 0 Å². The molecule has 0 bridgehead atoms. The molecule has 1 aromatic carbocycles. The van der Waals surface area contributed by atoms with Gasteiger partial charge in [0.25, 0.3) is 0 Å². The fourth-order valence-corrected chi connectivity index (χ4v) is 4.15. The number of rotatable bonds is 6. The van der Waals surface area contributed by atoms with E-state index >= 15 is 0 Å². The predicted octanol–water partition coefficient (Wildman–Crippen LogP) is 3.05. The average molecular weight is 278 g/mol. The third kappa shape index (κ3) is 4.23. The molecule has 3 heteroatoms. The summed E-state index contributed by atoms with van der Waals surface area (Å²) < 4.78 is 0. The van der Waals surface area contributed by atoms with E-state index < -0.39 is 0 Å². The molecule has 2 nitrogen and oxygen atoms in total. The van der Waals surface area contributed by atoms with Gasteiger partial charge in [0.1, 0.15) is 0 Å². The maximum absolute atomic E-state index is 3.67. The Morgan fingerprint density at radius 1 is 1.32 bits per heavy atom. The molecule has 1 heterocycles. The van der Waals surface area contributed by atoms with Gasteiger partial charge in [0.05, 0.1) is 0 Å². The number of nitrogens with one attached hydrogen (secondary N) is 1. The number of benzene rings is 1. The summed E-state index contributed by atoms with van der Waals surface area (Å²) in [7, 11) is 4.29. The fourth-order valence-electron chi connectivity index (χ4n) is 2.90. The molecule has 0 aromatic heterocycles. The average Bonchev–Trinajstić information content (AvgIpc) is 2.71. The van der Waals surface area contributed by atoms with E-state index in [0.29, 0.717) is 11.3 Å². The highest BCUT2D eigenvalue weighted by molar-refractivity contribution is 7.99. The van der Waals surface area contributed by atoms with Gasteiger partial charge >= 0.3 is 0 Å². The third-order valence-corrected chi connectivity index (χ3v) is 4.79. The predicted molar refractivity (Wildman–Crippen MR) is 85.1 cm³/mol. The molecule has 1 aliphatic heterocycles. The van der Waals surface area contributed by atoms with Crippen molar-refractivity contribution in [2.24, 2.45) is 5.41 Å². The molecule has 19 heavy (non-hydrogen) atoms. The first-order chi connectivity index (χ1) is 8.98. The Kier molecular flexibility index (Phi) is 4.93. The number of nitrogens with zero attached hydrogens (tertiary/aromatic N) is 1. The number of hydrogen-bond acceptors (Lipinski definition) is 3. The van der Waals surface area contributed by atoms with Crippen molar-refractivity contribution in [1.82, 2.24) is 10.2 Å². The molecule has 0 spiro atoms. The number of thioether (sulfide) groups is 1. The molecule has 1 N–H and O–H groups in total. The Hall–Kier alpha value is -0.510. The molecule has 1 aliphatic rings. The first kappa shape index (κ1) is 14.9. The van der Waals surface area contributed by atoms with Gasteiger partial charge in [-0.3, -0.25) is 0 Å². The van der Waals surface area contributed by atoms with Gasteiger partial charge < -0.3 is 10.2 Å². The summed E-state index contributed by atoms with van der Waals surface area (Å²) in [6.07, 6.45) is 0. The van der Waals surface area contributed by atoms with E-state index in [-0.39, 0.29) is 0 Å². The van der Waals surface area contributed by atoms with Crippen LogP contribution < -0.4 is 5.32 Å². The van der Waals surface area contributed by atoms with Crippen LogP contribution in [0.3, 0.4) is 0 Å². The molecule has 0 amide bonds. The summed E-state index contributed by atoms with van der Waals surface area (Å²) in [5.74, 6) is 1.90. The Labute approximate surface area is 122 Å². The minimum absolute atomic E-state index is 0.328. The molecule has 1 aromatic rings. The molecule has 1 atom stereocenters. The van der Waals surface area contributed by atoms with Crippen molar-refractivity contribution in [3.63, 3.8) is 0 Å². The van der Waals surface area contributed by atoms with Gasteiger partial charge in [-0.2, -0.15) is 0 Å². The van der Waals surface area contributed by atoms with Crippen LogP contribution in [-0.2, 0) is 0 Å². The van der Waals surface area contributed by atoms with Gasteiger partial charge in [0, 0.05) is 36.2 Å². The third-order valence-electron chi connectivity index (χ3n) is 3.54. The van der Waals surface area contributed by atoms with E-state index in [1.54, 1.807) is 0 Å². The lowest BCUT2D eigenvalue weighted by Crippen LogP contribution is -2.38. The van der Waals surface area contributed by atoms with Gasteiger partial charge in [-0.05, 0) is 31.1 Å². The quantitative estimate of drug-likeness (QED) is 0.861. The normalized spacial score (nSPS) is 18.9. The van der Waals surface area contributed by atoms with Crippen molar-refractivity contribution >= 4 is 11.8 Å². The molecular weight excluding hydrogens is 252 g/mol. The van der Waals surface area contributed by atoms with Crippen molar-refractivity contribution in [1.29, 1.82) is 0 Å². The molecule has 0 saturated heterocycles. The van der Waals surface area contributed by atoms with Crippen LogP contribution in [0.1, 0.15) is 25.3 Å². The summed E-state index contributed by atoms with van der Waals surface area (Å²) in [6, 6.07) is 8.83. The molecule has 0 radical (unpaired) electrons. The van der Waals surface area contributed by atoms with Crippen molar-refractivity contribution in [3.05, 3.63) is 29.8 Å². The topological polar surface area (TPSA) is 15.3 Å². The largest absolute Gasteiger partial charge is 0.316 e. The van der Waals surface area contributed by atoms with E-state index in [0.717, 1.165) is 19.6 Å². The zero-order valence-corrected chi connectivity index (χ0v) is 13.4. The van der Waals surface area contributed by atoms with Crippen LogP contribution in [0.5, 0.6) is 0 Å². The molecule has 0 aliphatic carbocycles. The van der Waals surface area contributed by atoms with Gasteiger partial charge in [-0.15, -0.1) is 11.8 Å². The second-order valence-electron chi connectivity index (χ2n) is 6.58. The lowest BCUT2D eigenvalue weighted by Gasteiger charge is -2.29. The SMILES string of the molecule is CN(C)CC(C)(C)CNCC1CSc2ccccc21. The van der Waals surface area contributed by atoms with Crippen molar-refractivity contribution in [2.45, 2.75) is 24.7 Å². The summed E-state index contributed by atoms with van der Waals surface area (Å²) in [5.41, 5.74) is 1.86. The minimum atomic E-state index is 0.328. The van der Waals surface area contributed by atoms with Crippen LogP contribution >= 0.6 is 11.8 Å². The fraction of sp³-hybridized carbons (Fsp3) is 0.625. The van der Waals surface area contributed by atoms with Crippen molar-refractivity contribution in [2.75, 3.05) is 39.5 Å². The lowest BCUT2D eigenvalue weighted by molar-refractivity contribution is 0.232. The number of hydrogen-bond donors (Lipinski definition) is 1. The highest BCUT2D eigenvalue weighted by atomic mass is 32.2. The van der Waals surface area contributed by atoms with Gasteiger partial charge in [0.2, 0.25) is 0 Å². The van der Waals surface area contributed by atoms with Gasteiger partial charge in [-0.25, -0.2) is 0 Å². The Bertz CT molecular complexity index is 415. The van der Waals surface area contributed by atoms with E-state index in [4.69, 9.17) is 0 Å². The van der Waals surface area contributed by atoms with Crippen LogP contribution in [0.2, 0.25) is 0 Å². The minimum Gasteiger partial charge on any atom is -0.316 e. The van der Waals surface area contributed by atoms with E-state index in [9.17, 15) is 0 Å². The Morgan fingerprint density at radius 3 is 2.79 bits per heavy atom. The zero-order valence-electron chi connectivity index (χ0n) is 12.6. The molecular formula is C16H26N2S. The number of fused-ring (bicyclic) bond motifs is 1. The molecule has 2 rings (SSSR count).